The van der Waals surface area contributed by atoms with Gasteiger partial charge in [-0.2, -0.15) is 5.10 Å². The Bertz CT molecular complexity index is 1330. The van der Waals surface area contributed by atoms with Crippen molar-refractivity contribution in [1.29, 1.82) is 0 Å². The first-order chi connectivity index (χ1) is 16.0. The van der Waals surface area contributed by atoms with Gasteiger partial charge < -0.3 is 14.2 Å². The lowest BCUT2D eigenvalue weighted by atomic mass is 10.1. The van der Waals surface area contributed by atoms with Crippen LogP contribution in [0.5, 0.6) is 5.75 Å². The molecule has 0 aliphatic carbocycles. The van der Waals surface area contributed by atoms with Gasteiger partial charge in [-0.3, -0.25) is 9.59 Å². The van der Waals surface area contributed by atoms with Crippen molar-refractivity contribution in [3.63, 3.8) is 0 Å². The van der Waals surface area contributed by atoms with Crippen molar-refractivity contribution in [2.75, 3.05) is 18.6 Å². The van der Waals surface area contributed by atoms with Crippen molar-refractivity contribution < 1.29 is 14.1 Å². The largest absolute Gasteiger partial charge is 0.497 e. The SMILES string of the molecule is CC[C@@H](C(=O)N(CC)c1ccccc1)n1nc(-c2ccc(OC)cc2)c2c(C)onc2c1=O. The number of hydrogen-bond donors (Lipinski definition) is 0. The van der Waals surface area contributed by atoms with Crippen LogP contribution in [0.4, 0.5) is 5.69 Å². The molecule has 2 aromatic heterocycles. The fourth-order valence-corrected chi connectivity index (χ4v) is 3.98. The molecule has 0 N–H and O–H groups in total. The van der Waals surface area contributed by atoms with E-state index in [2.05, 4.69) is 10.3 Å². The summed E-state index contributed by atoms with van der Waals surface area (Å²) < 4.78 is 11.8. The van der Waals surface area contributed by atoms with Gasteiger partial charge in [0, 0.05) is 17.8 Å². The van der Waals surface area contributed by atoms with Gasteiger partial charge in [-0.25, -0.2) is 4.68 Å². The van der Waals surface area contributed by atoms with E-state index in [0.29, 0.717) is 35.6 Å². The van der Waals surface area contributed by atoms with E-state index in [1.54, 1.807) is 18.9 Å². The maximum Gasteiger partial charge on any atom is 0.297 e. The maximum absolute atomic E-state index is 13.6. The van der Waals surface area contributed by atoms with Gasteiger partial charge in [0.05, 0.1) is 12.5 Å². The summed E-state index contributed by atoms with van der Waals surface area (Å²) in [5.41, 5.74) is 1.76. The molecule has 8 nitrogen and oxygen atoms in total. The molecule has 0 bridgehead atoms. The first-order valence-electron chi connectivity index (χ1n) is 10.9. The smallest absolute Gasteiger partial charge is 0.297 e. The number of hydrogen-bond acceptors (Lipinski definition) is 6. The molecular formula is C25H26N4O4. The Balaban J connectivity index is 1.88. The van der Waals surface area contributed by atoms with E-state index in [9.17, 15) is 9.59 Å². The maximum atomic E-state index is 13.6. The van der Waals surface area contributed by atoms with E-state index < -0.39 is 11.6 Å². The van der Waals surface area contributed by atoms with Crippen molar-refractivity contribution in [3.05, 3.63) is 70.7 Å². The minimum atomic E-state index is -0.795. The van der Waals surface area contributed by atoms with Crippen LogP contribution in [0.2, 0.25) is 0 Å². The van der Waals surface area contributed by atoms with Crippen LogP contribution < -0.4 is 15.2 Å². The topological polar surface area (TPSA) is 90.5 Å². The van der Waals surface area contributed by atoms with Gasteiger partial charge in [0.25, 0.3) is 11.5 Å². The number of benzene rings is 2. The average Bonchev–Trinajstić information content (AvgIpc) is 3.24. The Labute approximate surface area is 191 Å². The van der Waals surface area contributed by atoms with Crippen LogP contribution >= 0.6 is 0 Å². The van der Waals surface area contributed by atoms with Crippen LogP contribution in [0, 0.1) is 6.92 Å². The van der Waals surface area contributed by atoms with E-state index in [-0.39, 0.29) is 11.4 Å². The Morgan fingerprint density at radius 2 is 1.82 bits per heavy atom. The minimum absolute atomic E-state index is 0.155. The summed E-state index contributed by atoms with van der Waals surface area (Å²) in [6, 6.07) is 15.9. The zero-order chi connectivity index (χ0) is 23.5. The normalized spacial score (nSPS) is 12.0. The Morgan fingerprint density at radius 1 is 1.12 bits per heavy atom. The van der Waals surface area contributed by atoms with Gasteiger partial charge in [0.1, 0.15) is 23.2 Å². The second kappa shape index (κ2) is 9.28. The second-order valence-corrected chi connectivity index (χ2v) is 7.63. The molecule has 2 heterocycles. The summed E-state index contributed by atoms with van der Waals surface area (Å²) in [6.07, 6.45) is 0.388. The lowest BCUT2D eigenvalue weighted by Gasteiger charge is -2.26. The van der Waals surface area contributed by atoms with Gasteiger partial charge in [0.15, 0.2) is 5.52 Å². The van der Waals surface area contributed by atoms with Crippen LogP contribution in [-0.4, -0.2) is 34.5 Å². The molecule has 170 valence electrons. The molecule has 8 heteroatoms. The van der Waals surface area contributed by atoms with Gasteiger partial charge in [-0.1, -0.05) is 30.3 Å². The Morgan fingerprint density at radius 3 is 2.42 bits per heavy atom. The van der Waals surface area contributed by atoms with E-state index >= 15 is 0 Å². The molecule has 0 aliphatic heterocycles. The van der Waals surface area contributed by atoms with Gasteiger partial charge >= 0.3 is 0 Å². The van der Waals surface area contributed by atoms with Crippen molar-refractivity contribution >= 4 is 22.5 Å². The number of rotatable bonds is 7. The third-order valence-electron chi connectivity index (χ3n) is 5.70. The molecule has 4 rings (SSSR count). The number of aromatic nitrogens is 3. The van der Waals surface area contributed by atoms with Crippen LogP contribution in [0.25, 0.3) is 22.2 Å². The zero-order valence-corrected chi connectivity index (χ0v) is 19.1. The number of fused-ring (bicyclic) bond motifs is 1. The molecule has 2 aromatic carbocycles. The quantitative estimate of drug-likeness (QED) is 0.419. The van der Waals surface area contributed by atoms with Gasteiger partial charge in [0.2, 0.25) is 0 Å². The highest BCUT2D eigenvalue weighted by Gasteiger charge is 2.29. The number of carbonyl (C=O) groups excluding carboxylic acids is 1. The standard InChI is InChI=1S/C25H26N4O4/c1-5-20(24(30)28(6-2)18-10-8-7-9-11-18)29-25(31)23-21(16(3)33-27-23)22(26-29)17-12-14-19(32-4)15-13-17/h7-15,20H,5-6H2,1-4H3/t20-/m0/s1. The predicted molar refractivity (Wildman–Crippen MR) is 127 cm³/mol. The number of methoxy groups -OCH3 is 1. The fraction of sp³-hybridized carbons (Fsp3) is 0.280. The average molecular weight is 447 g/mol. The van der Waals surface area contributed by atoms with Crippen molar-refractivity contribution in [2.24, 2.45) is 0 Å². The predicted octanol–water partition coefficient (Wildman–Crippen LogP) is 4.37. The summed E-state index contributed by atoms with van der Waals surface area (Å²) in [5, 5.41) is 9.22. The highest BCUT2D eigenvalue weighted by Crippen LogP contribution is 2.30. The molecular weight excluding hydrogens is 420 g/mol. The molecule has 1 amide bonds. The number of aryl methyl sites for hydroxylation is 1. The number of nitrogens with zero attached hydrogens (tertiary/aromatic N) is 4. The van der Waals surface area contributed by atoms with E-state index in [4.69, 9.17) is 9.26 Å². The molecule has 0 saturated heterocycles. The Hall–Kier alpha value is -3.94. The summed E-state index contributed by atoms with van der Waals surface area (Å²) in [6.45, 7) is 5.97. The van der Waals surface area contributed by atoms with Crippen LogP contribution in [0.15, 0.2) is 63.9 Å². The molecule has 1 atom stereocenters. The van der Waals surface area contributed by atoms with Crippen LogP contribution in [0.1, 0.15) is 32.1 Å². The van der Waals surface area contributed by atoms with Crippen molar-refractivity contribution in [1.82, 2.24) is 14.9 Å². The van der Waals surface area contributed by atoms with Crippen LogP contribution in [-0.2, 0) is 4.79 Å². The van der Waals surface area contributed by atoms with Crippen LogP contribution in [0.3, 0.4) is 0 Å². The number of ether oxygens (including phenoxy) is 1. The first kappa shape index (κ1) is 22.3. The molecule has 0 saturated carbocycles. The lowest BCUT2D eigenvalue weighted by molar-refractivity contribution is -0.122. The molecule has 4 aromatic rings. The molecule has 0 aliphatic rings. The first-order valence-corrected chi connectivity index (χ1v) is 10.9. The summed E-state index contributed by atoms with van der Waals surface area (Å²) >= 11 is 0. The molecule has 0 unspecified atom stereocenters. The third-order valence-corrected chi connectivity index (χ3v) is 5.70. The number of carbonyl (C=O) groups is 1. The number of anilines is 1. The van der Waals surface area contributed by atoms with Crippen molar-refractivity contribution in [3.8, 4) is 17.0 Å². The van der Waals surface area contributed by atoms with Gasteiger partial charge in [-0.15, -0.1) is 0 Å². The molecule has 0 radical (unpaired) electrons. The van der Waals surface area contributed by atoms with E-state index in [1.165, 1.54) is 4.68 Å². The zero-order valence-electron chi connectivity index (χ0n) is 19.1. The summed E-state index contributed by atoms with van der Waals surface area (Å²) in [7, 11) is 1.60. The summed E-state index contributed by atoms with van der Waals surface area (Å²) in [5.74, 6) is 0.987. The van der Waals surface area contributed by atoms with E-state index in [0.717, 1.165) is 11.3 Å². The monoisotopic (exact) mass is 446 g/mol. The number of likely N-dealkylation sites (N-methyl/N-ethyl adjacent to an activating group) is 1. The molecule has 0 spiro atoms. The van der Waals surface area contributed by atoms with E-state index in [1.807, 2.05) is 68.4 Å². The molecule has 0 fully saturated rings. The fourth-order valence-electron chi connectivity index (χ4n) is 3.98. The highest BCUT2D eigenvalue weighted by atomic mass is 16.5. The molecule has 33 heavy (non-hydrogen) atoms. The lowest BCUT2D eigenvalue weighted by Crippen LogP contribution is -2.41. The summed E-state index contributed by atoms with van der Waals surface area (Å²) in [4.78, 5) is 28.6. The number of amides is 1. The minimum Gasteiger partial charge on any atom is -0.497 e. The highest BCUT2D eigenvalue weighted by molar-refractivity contribution is 5.97. The number of para-hydroxylation sites is 1. The Kier molecular flexibility index (Phi) is 6.26. The third kappa shape index (κ3) is 4.00. The van der Waals surface area contributed by atoms with Gasteiger partial charge in [-0.05, 0) is 56.7 Å². The second-order valence-electron chi connectivity index (χ2n) is 7.63. The van der Waals surface area contributed by atoms with Crippen molar-refractivity contribution in [2.45, 2.75) is 33.2 Å².